The molecule has 0 amide bonds. The lowest BCUT2D eigenvalue weighted by molar-refractivity contribution is -0.147. The average molecular weight is 390 g/mol. The average Bonchev–Trinajstić information content (AvgIpc) is 2.65. The highest BCUT2D eigenvalue weighted by Gasteiger charge is 2.13. The van der Waals surface area contributed by atoms with Gasteiger partial charge in [-0.3, -0.25) is 14.4 Å². The Morgan fingerprint density at radius 3 is 2.18 bits per heavy atom. The molecule has 7 nitrogen and oxygen atoms in total. The maximum absolute atomic E-state index is 11.3. The third-order valence-electron chi connectivity index (χ3n) is 3.48. The molecule has 0 aliphatic rings. The summed E-state index contributed by atoms with van der Waals surface area (Å²) in [6.07, 6.45) is 6.81. The maximum atomic E-state index is 11.3. The summed E-state index contributed by atoms with van der Waals surface area (Å²) in [7, 11) is 1.58. The first-order valence-corrected chi connectivity index (χ1v) is 8.82. The molecule has 0 spiro atoms. The van der Waals surface area contributed by atoms with E-state index in [2.05, 4.69) is 0 Å². The third-order valence-corrected chi connectivity index (χ3v) is 3.48. The van der Waals surface area contributed by atoms with Gasteiger partial charge in [0.15, 0.2) is 0 Å². The molecular formula is C21H26O7. The van der Waals surface area contributed by atoms with E-state index >= 15 is 0 Å². The molecule has 0 fully saturated rings. The smallest absolute Gasteiger partial charge is 0.303 e. The van der Waals surface area contributed by atoms with Crippen LogP contribution in [0.25, 0.3) is 0 Å². The highest BCUT2D eigenvalue weighted by atomic mass is 16.6. The number of carbonyl (C=O) groups is 3. The van der Waals surface area contributed by atoms with E-state index in [9.17, 15) is 14.4 Å². The van der Waals surface area contributed by atoms with Gasteiger partial charge in [0.25, 0.3) is 0 Å². The second kappa shape index (κ2) is 13.1. The number of esters is 2. The molecule has 0 bridgehead atoms. The van der Waals surface area contributed by atoms with Crippen molar-refractivity contribution in [2.45, 2.75) is 38.9 Å². The second-order valence-electron chi connectivity index (χ2n) is 5.83. The topological polar surface area (TPSA) is 88.1 Å². The zero-order chi connectivity index (χ0) is 20.8. The van der Waals surface area contributed by atoms with Gasteiger partial charge in [-0.2, -0.15) is 0 Å². The van der Waals surface area contributed by atoms with Gasteiger partial charge in [-0.15, -0.1) is 0 Å². The summed E-state index contributed by atoms with van der Waals surface area (Å²) in [5.41, 5.74) is 0. The van der Waals surface area contributed by atoms with Crippen molar-refractivity contribution in [3.8, 4) is 11.5 Å². The van der Waals surface area contributed by atoms with Gasteiger partial charge in [0.05, 0.1) is 7.11 Å². The van der Waals surface area contributed by atoms with Crippen molar-refractivity contribution in [3.05, 3.63) is 48.6 Å². The summed E-state index contributed by atoms with van der Waals surface area (Å²) >= 11 is 0. The summed E-state index contributed by atoms with van der Waals surface area (Å²) in [5, 5.41) is 0. The first-order valence-electron chi connectivity index (χ1n) is 8.82. The predicted molar refractivity (Wildman–Crippen MR) is 103 cm³/mol. The Morgan fingerprint density at radius 1 is 0.964 bits per heavy atom. The van der Waals surface area contributed by atoms with E-state index in [0.29, 0.717) is 30.6 Å². The van der Waals surface area contributed by atoms with Gasteiger partial charge in [-0.25, -0.2) is 0 Å². The van der Waals surface area contributed by atoms with Crippen LogP contribution >= 0.6 is 0 Å². The standard InChI is InChI=1S/C21H26O7/c1-16(23)27-20(7-4-5-14-22)8-6-9-21(28-17(2)24)15-26-19-12-10-18(25-3)11-13-19/h4-6,8,10-14,20-21H,7,9,15H2,1-3H3/b5-4+,8-6+/t20-,21+/m1/s1. The van der Waals surface area contributed by atoms with Crippen molar-refractivity contribution >= 4 is 18.2 Å². The highest BCUT2D eigenvalue weighted by Crippen LogP contribution is 2.18. The minimum absolute atomic E-state index is 0.166. The number of benzene rings is 1. The number of carbonyl (C=O) groups excluding carboxylic acids is 3. The fourth-order valence-electron chi connectivity index (χ4n) is 2.28. The number of aldehydes is 1. The number of rotatable bonds is 12. The van der Waals surface area contributed by atoms with Gasteiger partial charge in [0.2, 0.25) is 0 Å². The summed E-state index contributed by atoms with van der Waals surface area (Å²) in [5.74, 6) is 0.501. The molecule has 1 aromatic carbocycles. The van der Waals surface area contributed by atoms with E-state index in [-0.39, 0.29) is 6.61 Å². The van der Waals surface area contributed by atoms with Crippen molar-refractivity contribution < 1.29 is 33.3 Å². The Morgan fingerprint density at radius 2 is 1.61 bits per heavy atom. The normalized spacial score (nSPS) is 13.1. The van der Waals surface area contributed by atoms with E-state index in [4.69, 9.17) is 18.9 Å². The molecule has 1 rings (SSSR count). The first-order chi connectivity index (χ1) is 13.4. The lowest BCUT2D eigenvalue weighted by Gasteiger charge is -2.17. The van der Waals surface area contributed by atoms with Crippen LogP contribution in [-0.2, 0) is 23.9 Å². The molecule has 1 aromatic rings. The van der Waals surface area contributed by atoms with E-state index in [1.165, 1.54) is 19.9 Å². The summed E-state index contributed by atoms with van der Waals surface area (Å²) < 4.78 is 21.2. The Bertz CT molecular complexity index is 676. The van der Waals surface area contributed by atoms with Crippen LogP contribution in [0.5, 0.6) is 11.5 Å². The maximum Gasteiger partial charge on any atom is 0.303 e. The number of hydrogen-bond donors (Lipinski definition) is 0. The highest BCUT2D eigenvalue weighted by molar-refractivity contribution is 5.67. The molecule has 0 aromatic heterocycles. The SMILES string of the molecule is COc1ccc(OC[C@H](C/C=C/[C@@H](C/C=C/C=O)OC(C)=O)OC(C)=O)cc1. The van der Waals surface area contributed by atoms with Crippen LogP contribution in [0.3, 0.4) is 0 Å². The van der Waals surface area contributed by atoms with Crippen LogP contribution in [0.15, 0.2) is 48.6 Å². The summed E-state index contributed by atoms with van der Waals surface area (Å²) in [6.45, 7) is 2.81. The van der Waals surface area contributed by atoms with Crippen molar-refractivity contribution in [1.29, 1.82) is 0 Å². The molecular weight excluding hydrogens is 364 g/mol. The predicted octanol–water partition coefficient (Wildman–Crippen LogP) is 3.03. The van der Waals surface area contributed by atoms with Crippen LogP contribution in [0.4, 0.5) is 0 Å². The Balaban J connectivity index is 2.65. The molecule has 0 saturated heterocycles. The summed E-state index contributed by atoms with van der Waals surface area (Å²) in [6, 6.07) is 7.06. The minimum atomic E-state index is -0.505. The van der Waals surface area contributed by atoms with Gasteiger partial charge in [-0.05, 0) is 36.4 Å². The fourth-order valence-corrected chi connectivity index (χ4v) is 2.28. The third kappa shape index (κ3) is 10.2. The molecule has 7 heteroatoms. The van der Waals surface area contributed by atoms with Gasteiger partial charge in [0, 0.05) is 26.7 Å². The number of ether oxygens (including phenoxy) is 4. The largest absolute Gasteiger partial charge is 0.497 e. The quantitative estimate of drug-likeness (QED) is 0.235. The van der Waals surface area contributed by atoms with Gasteiger partial charge in [0.1, 0.15) is 36.6 Å². The molecule has 0 aliphatic carbocycles. The molecule has 2 atom stereocenters. The van der Waals surface area contributed by atoms with Crippen LogP contribution in [0.2, 0.25) is 0 Å². The molecule has 0 aliphatic heterocycles. The fraction of sp³-hybridized carbons (Fsp3) is 0.381. The molecule has 28 heavy (non-hydrogen) atoms. The minimum Gasteiger partial charge on any atom is -0.497 e. The van der Waals surface area contributed by atoms with Crippen LogP contribution in [0, 0.1) is 0 Å². The molecule has 0 heterocycles. The van der Waals surface area contributed by atoms with E-state index in [1.807, 2.05) is 0 Å². The van der Waals surface area contributed by atoms with Crippen LogP contribution < -0.4 is 9.47 Å². The van der Waals surface area contributed by atoms with Crippen molar-refractivity contribution in [2.24, 2.45) is 0 Å². The molecule has 0 N–H and O–H groups in total. The number of hydrogen-bond acceptors (Lipinski definition) is 7. The molecule has 0 radical (unpaired) electrons. The van der Waals surface area contributed by atoms with E-state index in [1.54, 1.807) is 49.6 Å². The first kappa shape index (κ1) is 23.0. The van der Waals surface area contributed by atoms with E-state index in [0.717, 1.165) is 0 Å². The van der Waals surface area contributed by atoms with Crippen molar-refractivity contribution in [3.63, 3.8) is 0 Å². The van der Waals surface area contributed by atoms with Gasteiger partial charge >= 0.3 is 11.9 Å². The number of methoxy groups -OCH3 is 1. The molecule has 0 saturated carbocycles. The Kier molecular flexibility index (Phi) is 10.8. The van der Waals surface area contributed by atoms with Crippen LogP contribution in [-0.4, -0.2) is 44.1 Å². The number of allylic oxidation sites excluding steroid dienone is 1. The lowest BCUT2D eigenvalue weighted by Crippen LogP contribution is -2.23. The second-order valence-corrected chi connectivity index (χ2v) is 5.83. The van der Waals surface area contributed by atoms with Gasteiger partial charge < -0.3 is 18.9 Å². The van der Waals surface area contributed by atoms with Crippen molar-refractivity contribution in [1.82, 2.24) is 0 Å². The monoisotopic (exact) mass is 390 g/mol. The lowest BCUT2D eigenvalue weighted by atomic mass is 10.1. The zero-order valence-corrected chi connectivity index (χ0v) is 16.3. The molecule has 152 valence electrons. The molecule has 0 unspecified atom stereocenters. The van der Waals surface area contributed by atoms with Crippen molar-refractivity contribution in [2.75, 3.05) is 13.7 Å². The summed E-state index contributed by atoms with van der Waals surface area (Å²) in [4.78, 5) is 32.9. The zero-order valence-electron chi connectivity index (χ0n) is 16.3. The van der Waals surface area contributed by atoms with Gasteiger partial charge in [-0.1, -0.05) is 12.2 Å². The Labute approximate surface area is 164 Å². The van der Waals surface area contributed by atoms with Crippen LogP contribution in [0.1, 0.15) is 26.7 Å². The van der Waals surface area contributed by atoms with E-state index < -0.39 is 24.1 Å². The Hall–Kier alpha value is -3.09.